The van der Waals surface area contributed by atoms with Crippen molar-refractivity contribution in [3.05, 3.63) is 57.8 Å². The van der Waals surface area contributed by atoms with Crippen molar-refractivity contribution >= 4 is 40.2 Å². The van der Waals surface area contributed by atoms with Gasteiger partial charge in [-0.3, -0.25) is 9.78 Å². The Hall–Kier alpha value is -2.58. The Balaban J connectivity index is 2.10. The van der Waals surface area contributed by atoms with Crippen molar-refractivity contribution < 1.29 is 13.6 Å². The molecule has 0 aliphatic carbocycles. The Morgan fingerprint density at radius 2 is 2.08 bits per heavy atom. The lowest BCUT2D eigenvalue weighted by molar-refractivity contribution is 0.102. The van der Waals surface area contributed by atoms with Gasteiger partial charge in [0.05, 0.1) is 16.2 Å². The number of pyridine rings is 1. The van der Waals surface area contributed by atoms with E-state index in [0.717, 1.165) is 6.07 Å². The number of nitrogens with zero attached hydrogens (tertiary/aromatic N) is 2. The van der Waals surface area contributed by atoms with Crippen LogP contribution >= 0.6 is 22.9 Å². The lowest BCUT2D eigenvalue weighted by Crippen LogP contribution is -2.16. The van der Waals surface area contributed by atoms with E-state index in [0.29, 0.717) is 0 Å². The van der Waals surface area contributed by atoms with Gasteiger partial charge in [-0.05, 0) is 12.1 Å². The quantitative estimate of drug-likeness (QED) is 0.687. The lowest BCUT2D eigenvalue weighted by Gasteiger charge is -2.13. The highest BCUT2D eigenvalue weighted by Gasteiger charge is 2.22. The largest absolute Gasteiger partial charge is 0.396 e. The van der Waals surface area contributed by atoms with Gasteiger partial charge in [0.15, 0.2) is 11.6 Å². The monoisotopic (exact) mass is 366 g/mol. The molecule has 0 saturated carbocycles. The summed E-state index contributed by atoms with van der Waals surface area (Å²) in [5.74, 6) is -2.82. The van der Waals surface area contributed by atoms with Gasteiger partial charge in [-0.1, -0.05) is 11.6 Å². The summed E-state index contributed by atoms with van der Waals surface area (Å²) in [7, 11) is 0. The zero-order chi connectivity index (χ0) is 17.3. The maximum absolute atomic E-state index is 14.8. The SMILES string of the molecule is Nc1cc(-c2cnccc2Cl)c(F)c(NC(=O)c2cscn2)c1F. The van der Waals surface area contributed by atoms with Gasteiger partial charge in [-0.25, -0.2) is 13.8 Å². The number of aromatic nitrogens is 2. The molecule has 2 heterocycles. The van der Waals surface area contributed by atoms with Crippen molar-refractivity contribution in [2.24, 2.45) is 0 Å². The molecule has 0 aliphatic rings. The maximum Gasteiger partial charge on any atom is 0.275 e. The van der Waals surface area contributed by atoms with Crippen LogP contribution in [0.3, 0.4) is 0 Å². The molecule has 3 rings (SSSR count). The van der Waals surface area contributed by atoms with E-state index in [2.05, 4.69) is 15.3 Å². The van der Waals surface area contributed by atoms with Crippen LogP contribution in [0.15, 0.2) is 35.4 Å². The molecular weight excluding hydrogens is 358 g/mol. The number of carbonyl (C=O) groups excluding carboxylic acids is 1. The number of amides is 1. The summed E-state index contributed by atoms with van der Waals surface area (Å²) >= 11 is 7.21. The number of nitrogen functional groups attached to an aromatic ring is 1. The second kappa shape index (κ2) is 6.50. The number of halogens is 3. The van der Waals surface area contributed by atoms with Crippen LogP contribution in [0, 0.1) is 11.6 Å². The smallest absolute Gasteiger partial charge is 0.275 e. The molecule has 0 fully saturated rings. The minimum absolute atomic E-state index is 0.0437. The van der Waals surface area contributed by atoms with E-state index in [4.69, 9.17) is 17.3 Å². The molecule has 2 aromatic heterocycles. The molecule has 9 heteroatoms. The third-order valence-electron chi connectivity index (χ3n) is 3.19. The molecule has 0 unspecified atom stereocenters. The summed E-state index contributed by atoms with van der Waals surface area (Å²) in [6.45, 7) is 0. The Morgan fingerprint density at radius 1 is 1.29 bits per heavy atom. The first-order valence-electron chi connectivity index (χ1n) is 6.56. The molecule has 0 bridgehead atoms. The Morgan fingerprint density at radius 3 is 2.75 bits per heavy atom. The standard InChI is InChI=1S/C15H9ClF2N4OS/c16-9-1-2-20-4-8(9)7-3-10(19)13(18)14(12(7)17)22-15(23)11-5-24-6-21-11/h1-6H,19H2,(H,22,23). The van der Waals surface area contributed by atoms with Gasteiger partial charge in [-0.2, -0.15) is 0 Å². The first-order chi connectivity index (χ1) is 11.5. The fourth-order valence-corrected chi connectivity index (χ4v) is 2.78. The third-order valence-corrected chi connectivity index (χ3v) is 4.11. The van der Waals surface area contributed by atoms with Crippen LogP contribution in [0.4, 0.5) is 20.2 Å². The van der Waals surface area contributed by atoms with Crippen molar-refractivity contribution in [2.75, 3.05) is 11.1 Å². The average molecular weight is 367 g/mol. The van der Waals surface area contributed by atoms with Gasteiger partial charge in [0.2, 0.25) is 0 Å². The average Bonchev–Trinajstić information content (AvgIpc) is 3.10. The van der Waals surface area contributed by atoms with Gasteiger partial charge in [0.1, 0.15) is 11.4 Å². The summed E-state index contributed by atoms with van der Waals surface area (Å²) in [4.78, 5) is 19.7. The van der Waals surface area contributed by atoms with E-state index in [-0.39, 0.29) is 27.5 Å². The minimum Gasteiger partial charge on any atom is -0.396 e. The first-order valence-corrected chi connectivity index (χ1v) is 7.88. The molecule has 1 aromatic carbocycles. The van der Waals surface area contributed by atoms with Crippen molar-refractivity contribution in [1.82, 2.24) is 9.97 Å². The van der Waals surface area contributed by atoms with E-state index in [1.54, 1.807) is 0 Å². The molecule has 1 amide bonds. The number of hydrogen-bond donors (Lipinski definition) is 2. The number of nitrogens with one attached hydrogen (secondary N) is 1. The number of carbonyl (C=O) groups is 1. The van der Waals surface area contributed by atoms with Crippen molar-refractivity contribution in [3.63, 3.8) is 0 Å². The molecule has 0 radical (unpaired) electrons. The topological polar surface area (TPSA) is 80.9 Å². The lowest BCUT2D eigenvalue weighted by atomic mass is 10.0. The van der Waals surface area contributed by atoms with E-state index in [1.807, 2.05) is 0 Å². The van der Waals surface area contributed by atoms with Crippen LogP contribution in [0.1, 0.15) is 10.5 Å². The predicted molar refractivity (Wildman–Crippen MR) is 89.1 cm³/mol. The second-order valence-electron chi connectivity index (χ2n) is 4.70. The number of benzene rings is 1. The van der Waals surface area contributed by atoms with Crippen LogP contribution in [0.25, 0.3) is 11.1 Å². The molecule has 0 atom stereocenters. The van der Waals surface area contributed by atoms with Crippen molar-refractivity contribution in [1.29, 1.82) is 0 Å². The molecule has 122 valence electrons. The van der Waals surface area contributed by atoms with Gasteiger partial charge < -0.3 is 11.1 Å². The Bertz CT molecular complexity index is 918. The molecule has 0 aliphatic heterocycles. The van der Waals surface area contributed by atoms with Crippen molar-refractivity contribution in [2.45, 2.75) is 0 Å². The molecule has 0 spiro atoms. The third kappa shape index (κ3) is 2.93. The summed E-state index contributed by atoms with van der Waals surface area (Å²) < 4.78 is 29.0. The second-order valence-corrected chi connectivity index (χ2v) is 5.83. The van der Waals surface area contributed by atoms with Crippen LogP contribution < -0.4 is 11.1 Å². The fourth-order valence-electron chi connectivity index (χ4n) is 2.04. The normalized spacial score (nSPS) is 10.6. The van der Waals surface area contributed by atoms with E-state index < -0.39 is 23.2 Å². The molecule has 24 heavy (non-hydrogen) atoms. The van der Waals surface area contributed by atoms with E-state index in [9.17, 15) is 13.6 Å². The van der Waals surface area contributed by atoms with Crippen LogP contribution in [-0.2, 0) is 0 Å². The number of hydrogen-bond acceptors (Lipinski definition) is 5. The Kier molecular flexibility index (Phi) is 4.41. The van der Waals surface area contributed by atoms with Gasteiger partial charge >= 0.3 is 0 Å². The first kappa shape index (κ1) is 16.3. The molecule has 5 nitrogen and oxygen atoms in total. The van der Waals surface area contributed by atoms with E-state index >= 15 is 0 Å². The number of rotatable bonds is 3. The minimum atomic E-state index is -1.07. The molecule has 3 N–H and O–H groups in total. The number of thiazole rings is 1. The zero-order valence-corrected chi connectivity index (χ0v) is 13.5. The summed E-state index contributed by atoms with van der Waals surface area (Å²) in [6.07, 6.45) is 2.76. The van der Waals surface area contributed by atoms with Gasteiger partial charge in [0, 0.05) is 28.9 Å². The molecule has 3 aromatic rings. The number of nitrogens with two attached hydrogens (primary N) is 1. The highest BCUT2D eigenvalue weighted by molar-refractivity contribution is 7.07. The van der Waals surface area contributed by atoms with Crippen LogP contribution in [0.2, 0.25) is 5.02 Å². The molecular formula is C15H9ClF2N4OS. The fraction of sp³-hybridized carbons (Fsp3) is 0. The zero-order valence-electron chi connectivity index (χ0n) is 11.9. The summed E-state index contributed by atoms with van der Waals surface area (Å²) in [5, 5.41) is 3.83. The van der Waals surface area contributed by atoms with Crippen molar-refractivity contribution in [3.8, 4) is 11.1 Å². The maximum atomic E-state index is 14.8. The summed E-state index contributed by atoms with van der Waals surface area (Å²) in [6, 6.07) is 2.56. The predicted octanol–water partition coefficient (Wildman–Crippen LogP) is 3.97. The van der Waals surface area contributed by atoms with Gasteiger partial charge in [0.25, 0.3) is 5.91 Å². The van der Waals surface area contributed by atoms with Crippen LogP contribution in [0.5, 0.6) is 0 Å². The summed E-state index contributed by atoms with van der Waals surface area (Å²) in [5.41, 5.74) is 6.24. The number of anilines is 2. The Labute approximate surface area is 144 Å². The highest BCUT2D eigenvalue weighted by Crippen LogP contribution is 2.36. The van der Waals surface area contributed by atoms with E-state index in [1.165, 1.54) is 40.7 Å². The van der Waals surface area contributed by atoms with Crippen LogP contribution in [-0.4, -0.2) is 15.9 Å². The highest BCUT2D eigenvalue weighted by atomic mass is 35.5. The van der Waals surface area contributed by atoms with Gasteiger partial charge in [-0.15, -0.1) is 11.3 Å². The molecule has 0 saturated heterocycles.